The van der Waals surface area contributed by atoms with E-state index in [0.29, 0.717) is 6.54 Å². The van der Waals surface area contributed by atoms with Crippen LogP contribution in [0, 0.1) is 0 Å². The van der Waals surface area contributed by atoms with Crippen LogP contribution in [-0.4, -0.2) is 43.4 Å². The molecule has 0 spiro atoms. The first-order chi connectivity index (χ1) is 10.1. The maximum absolute atomic E-state index is 11.8. The molecule has 3 amide bonds. The van der Waals surface area contributed by atoms with E-state index in [1.807, 2.05) is 30.3 Å². The Balaban J connectivity index is 1.66. The van der Waals surface area contributed by atoms with E-state index in [-0.39, 0.29) is 37.4 Å². The first-order valence-corrected chi connectivity index (χ1v) is 6.73. The maximum Gasteiger partial charge on any atom is 0.239 e. The van der Waals surface area contributed by atoms with Gasteiger partial charge in [0.1, 0.15) is 6.04 Å². The summed E-state index contributed by atoms with van der Waals surface area (Å²) in [6.07, 6.45) is 0. The Hall–Kier alpha value is -2.41. The van der Waals surface area contributed by atoms with Crippen molar-refractivity contribution < 1.29 is 14.4 Å². The van der Waals surface area contributed by atoms with Gasteiger partial charge < -0.3 is 16.0 Å². The summed E-state index contributed by atoms with van der Waals surface area (Å²) in [6, 6.07) is 9.02. The molecule has 1 aromatic rings. The Kier molecular flexibility index (Phi) is 5.28. The number of carbonyl (C=O) groups is 3. The molecule has 1 aliphatic rings. The van der Waals surface area contributed by atoms with E-state index < -0.39 is 6.04 Å². The highest BCUT2D eigenvalue weighted by molar-refractivity contribution is 5.89. The van der Waals surface area contributed by atoms with Crippen LogP contribution in [0.15, 0.2) is 30.3 Å². The Morgan fingerprint density at radius 3 is 2.62 bits per heavy atom. The highest BCUT2D eigenvalue weighted by Crippen LogP contribution is 1.96. The van der Waals surface area contributed by atoms with Crippen LogP contribution in [0.5, 0.6) is 0 Å². The first kappa shape index (κ1) is 15.0. The number of nitrogens with one attached hydrogen (secondary N) is 4. The number of carbonyl (C=O) groups excluding carboxylic acids is 3. The van der Waals surface area contributed by atoms with Crippen LogP contribution in [0.2, 0.25) is 0 Å². The lowest BCUT2D eigenvalue weighted by atomic mass is 10.2. The molecule has 0 radical (unpaired) electrons. The fourth-order valence-electron chi connectivity index (χ4n) is 1.90. The summed E-state index contributed by atoms with van der Waals surface area (Å²) in [4.78, 5) is 34.4. The van der Waals surface area contributed by atoms with E-state index in [1.54, 1.807) is 0 Å². The summed E-state index contributed by atoms with van der Waals surface area (Å²) < 4.78 is 0. The fraction of sp³-hybridized carbons (Fsp3) is 0.357. The van der Waals surface area contributed by atoms with Crippen molar-refractivity contribution in [3.8, 4) is 0 Å². The largest absolute Gasteiger partial charge is 0.353 e. The molecular weight excluding hydrogens is 272 g/mol. The van der Waals surface area contributed by atoms with Crippen LogP contribution < -0.4 is 21.3 Å². The molecule has 1 heterocycles. The van der Waals surface area contributed by atoms with Crippen molar-refractivity contribution >= 4 is 17.7 Å². The second kappa shape index (κ2) is 7.39. The Morgan fingerprint density at radius 1 is 1.19 bits per heavy atom. The molecule has 1 aliphatic heterocycles. The lowest BCUT2D eigenvalue weighted by Gasteiger charge is -2.22. The average Bonchev–Trinajstić information content (AvgIpc) is 2.52. The average molecular weight is 290 g/mol. The molecule has 112 valence electrons. The molecule has 1 aromatic carbocycles. The first-order valence-electron chi connectivity index (χ1n) is 6.73. The van der Waals surface area contributed by atoms with E-state index >= 15 is 0 Å². The SMILES string of the molecule is O=C(CNC(=O)C1CNC(=O)CN1)NCc1ccccc1. The van der Waals surface area contributed by atoms with Crippen molar-refractivity contribution in [2.24, 2.45) is 0 Å². The van der Waals surface area contributed by atoms with E-state index in [0.717, 1.165) is 5.56 Å². The summed E-state index contributed by atoms with van der Waals surface area (Å²) in [7, 11) is 0. The second-order valence-electron chi connectivity index (χ2n) is 4.72. The van der Waals surface area contributed by atoms with Gasteiger partial charge in [0, 0.05) is 13.1 Å². The normalized spacial score (nSPS) is 17.7. The van der Waals surface area contributed by atoms with Gasteiger partial charge in [-0.15, -0.1) is 0 Å². The third kappa shape index (κ3) is 4.88. The highest BCUT2D eigenvalue weighted by atomic mass is 16.2. The van der Waals surface area contributed by atoms with E-state index in [2.05, 4.69) is 21.3 Å². The van der Waals surface area contributed by atoms with Crippen LogP contribution in [0.4, 0.5) is 0 Å². The zero-order valence-corrected chi connectivity index (χ0v) is 11.5. The quantitative estimate of drug-likeness (QED) is 0.531. The van der Waals surface area contributed by atoms with Gasteiger partial charge >= 0.3 is 0 Å². The molecule has 7 heteroatoms. The van der Waals surface area contributed by atoms with Gasteiger partial charge in [-0.3, -0.25) is 19.7 Å². The van der Waals surface area contributed by atoms with Gasteiger partial charge in [-0.25, -0.2) is 0 Å². The van der Waals surface area contributed by atoms with Crippen molar-refractivity contribution in [2.75, 3.05) is 19.6 Å². The lowest BCUT2D eigenvalue weighted by Crippen LogP contribution is -2.58. The Bertz CT molecular complexity index is 508. The van der Waals surface area contributed by atoms with E-state index in [1.165, 1.54) is 0 Å². The number of rotatable bonds is 5. The molecule has 1 atom stereocenters. The molecule has 0 aliphatic carbocycles. The standard InChI is InChI=1S/C14H18N4O3/c19-12-8-15-11(7-17-12)14(21)18-9-13(20)16-6-10-4-2-1-3-5-10/h1-5,11,15H,6-9H2,(H,16,20)(H,17,19)(H,18,21). The molecular formula is C14H18N4O3. The molecule has 7 nitrogen and oxygen atoms in total. The predicted molar refractivity (Wildman–Crippen MR) is 76.1 cm³/mol. The maximum atomic E-state index is 11.8. The second-order valence-corrected chi connectivity index (χ2v) is 4.72. The number of benzene rings is 1. The summed E-state index contributed by atoms with van der Waals surface area (Å²) >= 11 is 0. The van der Waals surface area contributed by atoms with E-state index in [9.17, 15) is 14.4 Å². The smallest absolute Gasteiger partial charge is 0.239 e. The van der Waals surface area contributed by atoms with Crippen molar-refractivity contribution in [3.05, 3.63) is 35.9 Å². The molecule has 1 fully saturated rings. The summed E-state index contributed by atoms with van der Waals surface area (Å²) in [5, 5.41) is 10.6. The Labute approximate surface area is 122 Å². The summed E-state index contributed by atoms with van der Waals surface area (Å²) in [6.45, 7) is 0.680. The van der Waals surface area contributed by atoms with E-state index in [4.69, 9.17) is 0 Å². The molecule has 2 rings (SSSR count). The van der Waals surface area contributed by atoms with Crippen molar-refractivity contribution in [3.63, 3.8) is 0 Å². The number of piperazine rings is 1. The van der Waals surface area contributed by atoms with Gasteiger partial charge in [0.05, 0.1) is 13.1 Å². The van der Waals surface area contributed by atoms with Crippen molar-refractivity contribution in [1.29, 1.82) is 0 Å². The molecule has 0 aromatic heterocycles. The van der Waals surface area contributed by atoms with Crippen molar-refractivity contribution in [1.82, 2.24) is 21.3 Å². The van der Waals surface area contributed by atoms with Crippen molar-refractivity contribution in [2.45, 2.75) is 12.6 Å². The van der Waals surface area contributed by atoms with Gasteiger partial charge in [0.25, 0.3) is 0 Å². The summed E-state index contributed by atoms with van der Waals surface area (Å²) in [5.41, 5.74) is 0.994. The topological polar surface area (TPSA) is 99.3 Å². The predicted octanol–water partition coefficient (Wildman–Crippen LogP) is -1.49. The molecule has 0 bridgehead atoms. The number of hydrogen-bond donors (Lipinski definition) is 4. The molecule has 1 saturated heterocycles. The molecule has 1 unspecified atom stereocenters. The van der Waals surface area contributed by atoms with Gasteiger partial charge in [0.15, 0.2) is 0 Å². The van der Waals surface area contributed by atoms with Crippen LogP contribution in [0.25, 0.3) is 0 Å². The third-order valence-corrected chi connectivity index (χ3v) is 3.08. The molecule has 4 N–H and O–H groups in total. The fourth-order valence-corrected chi connectivity index (χ4v) is 1.90. The zero-order chi connectivity index (χ0) is 15.1. The third-order valence-electron chi connectivity index (χ3n) is 3.08. The Morgan fingerprint density at radius 2 is 1.95 bits per heavy atom. The lowest BCUT2D eigenvalue weighted by molar-refractivity contribution is -0.129. The minimum Gasteiger partial charge on any atom is -0.353 e. The minimum atomic E-state index is -0.496. The summed E-state index contributed by atoms with van der Waals surface area (Å²) in [5.74, 6) is -0.698. The van der Waals surface area contributed by atoms with Crippen LogP contribution in [0.3, 0.4) is 0 Å². The zero-order valence-electron chi connectivity index (χ0n) is 11.5. The van der Waals surface area contributed by atoms with Crippen LogP contribution in [-0.2, 0) is 20.9 Å². The minimum absolute atomic E-state index is 0.0855. The number of amides is 3. The van der Waals surface area contributed by atoms with Gasteiger partial charge in [0.2, 0.25) is 17.7 Å². The highest BCUT2D eigenvalue weighted by Gasteiger charge is 2.23. The monoisotopic (exact) mass is 290 g/mol. The van der Waals surface area contributed by atoms with Gasteiger partial charge in [-0.2, -0.15) is 0 Å². The molecule has 0 saturated carbocycles. The van der Waals surface area contributed by atoms with Crippen LogP contribution in [0.1, 0.15) is 5.56 Å². The van der Waals surface area contributed by atoms with Crippen LogP contribution >= 0.6 is 0 Å². The number of hydrogen-bond acceptors (Lipinski definition) is 4. The van der Waals surface area contributed by atoms with Gasteiger partial charge in [-0.05, 0) is 5.56 Å². The molecule has 21 heavy (non-hydrogen) atoms. The van der Waals surface area contributed by atoms with Gasteiger partial charge in [-0.1, -0.05) is 30.3 Å².